The number of aryl methyl sites for hydroxylation is 1. The van der Waals surface area contributed by atoms with Gasteiger partial charge in [-0.25, -0.2) is 4.39 Å². The molecule has 0 aromatic heterocycles. The van der Waals surface area contributed by atoms with Crippen LogP contribution in [-0.2, 0) is 9.59 Å². The van der Waals surface area contributed by atoms with Gasteiger partial charge in [-0.15, -0.1) is 0 Å². The normalized spacial score (nSPS) is 18.1. The van der Waals surface area contributed by atoms with Crippen LogP contribution in [0.5, 0.6) is 0 Å². The summed E-state index contributed by atoms with van der Waals surface area (Å²) in [6.07, 6.45) is 0. The maximum Gasteiger partial charge on any atom is 0.300 e. The minimum atomic E-state index is -1.12. The lowest BCUT2D eigenvalue weighted by Gasteiger charge is -2.25. The smallest absolute Gasteiger partial charge is 0.300 e. The van der Waals surface area contributed by atoms with Crippen LogP contribution in [0.4, 0.5) is 10.1 Å². The number of aliphatic hydroxyl groups is 1. The Morgan fingerprint density at radius 3 is 2.37 bits per heavy atom. The summed E-state index contributed by atoms with van der Waals surface area (Å²) in [7, 11) is 0. The van der Waals surface area contributed by atoms with E-state index in [0.717, 1.165) is 5.56 Å². The number of halogens is 2. The minimum Gasteiger partial charge on any atom is -0.507 e. The quantitative estimate of drug-likeness (QED) is 0.349. The summed E-state index contributed by atoms with van der Waals surface area (Å²) in [6, 6.07) is 18.0. The van der Waals surface area contributed by atoms with Crippen molar-refractivity contribution in [2.45, 2.75) is 13.0 Å². The largest absolute Gasteiger partial charge is 0.507 e. The summed E-state index contributed by atoms with van der Waals surface area (Å²) in [5, 5.41) is 11.3. The Labute approximate surface area is 177 Å². The molecule has 4 rings (SSSR count). The Bertz CT molecular complexity index is 1190. The van der Waals surface area contributed by atoms with Gasteiger partial charge in [0.1, 0.15) is 11.6 Å². The molecule has 0 spiro atoms. The number of aliphatic hydroxyl groups excluding tert-OH is 1. The van der Waals surface area contributed by atoms with Gasteiger partial charge in [0.05, 0.1) is 11.6 Å². The van der Waals surface area contributed by atoms with E-state index in [1.807, 2.05) is 6.92 Å². The molecule has 4 nitrogen and oxygen atoms in total. The fourth-order valence-corrected chi connectivity index (χ4v) is 3.78. The van der Waals surface area contributed by atoms with Crippen LogP contribution in [0.1, 0.15) is 22.7 Å². The number of amides is 1. The Hall–Kier alpha value is -3.44. The van der Waals surface area contributed by atoms with E-state index in [-0.39, 0.29) is 16.7 Å². The molecule has 6 heteroatoms. The number of hydrogen-bond acceptors (Lipinski definition) is 3. The van der Waals surface area contributed by atoms with Gasteiger partial charge in [-0.3, -0.25) is 14.5 Å². The molecule has 1 fully saturated rings. The van der Waals surface area contributed by atoms with Gasteiger partial charge in [-0.2, -0.15) is 0 Å². The van der Waals surface area contributed by atoms with Crippen molar-refractivity contribution in [1.29, 1.82) is 0 Å². The highest BCUT2D eigenvalue weighted by atomic mass is 35.5. The second-order valence-corrected chi connectivity index (χ2v) is 7.47. The number of Topliss-reactive ketones (excluding diaryl/α,β-unsaturated/α-hetero) is 1. The third-order valence-electron chi connectivity index (χ3n) is 5.05. The van der Waals surface area contributed by atoms with Gasteiger partial charge in [-0.1, -0.05) is 59.6 Å². The zero-order valence-corrected chi connectivity index (χ0v) is 16.7. The van der Waals surface area contributed by atoms with Gasteiger partial charge in [0.2, 0.25) is 0 Å². The topological polar surface area (TPSA) is 57.6 Å². The number of nitrogens with zero attached hydrogens (tertiary/aromatic N) is 1. The molecule has 0 bridgehead atoms. The molecule has 1 saturated heterocycles. The number of carbonyl (C=O) groups is 2. The van der Waals surface area contributed by atoms with E-state index in [9.17, 15) is 19.1 Å². The zero-order valence-electron chi connectivity index (χ0n) is 16.0. The first kappa shape index (κ1) is 19.9. The van der Waals surface area contributed by atoms with Crippen molar-refractivity contribution in [3.05, 3.63) is 106 Å². The molecule has 1 unspecified atom stereocenters. The minimum absolute atomic E-state index is 0.112. The van der Waals surface area contributed by atoms with Gasteiger partial charge in [-0.05, 0) is 37.3 Å². The molecular formula is C24H17ClFNO3. The average Bonchev–Trinajstić information content (AvgIpc) is 2.99. The van der Waals surface area contributed by atoms with Gasteiger partial charge < -0.3 is 5.11 Å². The van der Waals surface area contributed by atoms with Crippen LogP contribution in [-0.4, -0.2) is 16.8 Å². The molecule has 1 aliphatic heterocycles. The lowest BCUT2D eigenvalue weighted by atomic mass is 9.94. The summed E-state index contributed by atoms with van der Waals surface area (Å²) in [4.78, 5) is 27.2. The van der Waals surface area contributed by atoms with Crippen molar-refractivity contribution >= 4 is 34.7 Å². The standard InChI is InChI=1S/C24H17ClFNO3/c1-14-9-11-17(12-10-14)27-21(18-7-2-3-8-19(18)26)20(23(29)24(27)30)22(28)15-5-4-6-16(25)13-15/h2-13,21,28H,1H3/b22-20-. The number of ketones is 1. The fourth-order valence-electron chi connectivity index (χ4n) is 3.59. The molecule has 1 atom stereocenters. The molecule has 0 aliphatic carbocycles. The summed E-state index contributed by atoms with van der Waals surface area (Å²) in [6.45, 7) is 1.89. The maximum absolute atomic E-state index is 14.8. The molecule has 0 radical (unpaired) electrons. The van der Waals surface area contributed by atoms with Crippen molar-refractivity contribution in [2.24, 2.45) is 0 Å². The van der Waals surface area contributed by atoms with E-state index < -0.39 is 29.3 Å². The van der Waals surface area contributed by atoms with Crippen molar-refractivity contribution in [3.63, 3.8) is 0 Å². The van der Waals surface area contributed by atoms with Crippen LogP contribution in [0.15, 0.2) is 78.4 Å². The first-order valence-electron chi connectivity index (χ1n) is 9.26. The second kappa shape index (κ2) is 7.76. The highest BCUT2D eigenvalue weighted by Crippen LogP contribution is 2.43. The van der Waals surface area contributed by atoms with Crippen LogP contribution >= 0.6 is 11.6 Å². The third-order valence-corrected chi connectivity index (χ3v) is 5.29. The Morgan fingerprint density at radius 2 is 1.70 bits per heavy atom. The summed E-state index contributed by atoms with van der Waals surface area (Å²) in [5.74, 6) is -2.71. The molecule has 1 amide bonds. The monoisotopic (exact) mass is 421 g/mol. The lowest BCUT2D eigenvalue weighted by Crippen LogP contribution is -2.29. The van der Waals surface area contributed by atoms with E-state index in [4.69, 9.17) is 11.6 Å². The molecule has 3 aromatic rings. The molecule has 1 N–H and O–H groups in total. The molecule has 1 aliphatic rings. The molecular weight excluding hydrogens is 405 g/mol. The van der Waals surface area contributed by atoms with Gasteiger partial charge >= 0.3 is 0 Å². The SMILES string of the molecule is Cc1ccc(N2C(=O)C(=O)/C(=C(\O)c3cccc(Cl)c3)C2c2ccccc2F)cc1. The molecule has 150 valence electrons. The Kier molecular flexibility index (Phi) is 5.14. The van der Waals surface area contributed by atoms with Gasteiger partial charge in [0.25, 0.3) is 11.7 Å². The van der Waals surface area contributed by atoms with E-state index in [1.54, 1.807) is 48.5 Å². The third kappa shape index (κ3) is 3.37. The molecule has 1 heterocycles. The second-order valence-electron chi connectivity index (χ2n) is 7.04. The number of carbonyl (C=O) groups excluding carboxylic acids is 2. The van der Waals surface area contributed by atoms with E-state index in [2.05, 4.69) is 0 Å². The van der Waals surface area contributed by atoms with E-state index >= 15 is 0 Å². The Morgan fingerprint density at radius 1 is 1.00 bits per heavy atom. The first-order chi connectivity index (χ1) is 14.4. The van der Waals surface area contributed by atoms with Crippen molar-refractivity contribution in [1.82, 2.24) is 0 Å². The van der Waals surface area contributed by atoms with Gasteiger partial charge in [0.15, 0.2) is 0 Å². The maximum atomic E-state index is 14.8. The van der Waals surface area contributed by atoms with Crippen molar-refractivity contribution in [3.8, 4) is 0 Å². The van der Waals surface area contributed by atoms with E-state index in [1.165, 1.54) is 29.2 Å². The average molecular weight is 422 g/mol. The highest BCUT2D eigenvalue weighted by molar-refractivity contribution is 6.51. The number of anilines is 1. The summed E-state index contributed by atoms with van der Waals surface area (Å²) < 4.78 is 14.8. The van der Waals surface area contributed by atoms with Crippen LogP contribution in [0.25, 0.3) is 5.76 Å². The number of benzene rings is 3. The van der Waals surface area contributed by atoms with Gasteiger partial charge in [0, 0.05) is 21.8 Å². The van der Waals surface area contributed by atoms with Crippen LogP contribution in [0.2, 0.25) is 5.02 Å². The Balaban J connectivity index is 1.98. The molecule has 0 saturated carbocycles. The number of hydrogen-bond donors (Lipinski definition) is 1. The molecule has 3 aromatic carbocycles. The molecule has 30 heavy (non-hydrogen) atoms. The van der Waals surface area contributed by atoms with Crippen LogP contribution in [0, 0.1) is 12.7 Å². The summed E-state index contributed by atoms with van der Waals surface area (Å²) >= 11 is 6.02. The van der Waals surface area contributed by atoms with Crippen LogP contribution < -0.4 is 4.90 Å². The van der Waals surface area contributed by atoms with Crippen LogP contribution in [0.3, 0.4) is 0 Å². The fraction of sp³-hybridized carbons (Fsp3) is 0.0833. The predicted molar refractivity (Wildman–Crippen MR) is 114 cm³/mol. The van der Waals surface area contributed by atoms with Crippen molar-refractivity contribution in [2.75, 3.05) is 4.90 Å². The predicted octanol–water partition coefficient (Wildman–Crippen LogP) is 5.41. The summed E-state index contributed by atoms with van der Waals surface area (Å²) in [5.41, 5.74) is 1.59. The highest BCUT2D eigenvalue weighted by Gasteiger charge is 2.47. The lowest BCUT2D eigenvalue weighted by molar-refractivity contribution is -0.132. The zero-order chi connectivity index (χ0) is 21.4. The first-order valence-corrected chi connectivity index (χ1v) is 9.64. The van der Waals surface area contributed by atoms with Crippen molar-refractivity contribution < 1.29 is 19.1 Å². The van der Waals surface area contributed by atoms with E-state index in [0.29, 0.717) is 10.7 Å². The number of rotatable bonds is 3.